The predicted molar refractivity (Wildman–Crippen MR) is 129 cm³/mol. The number of hydrogen-bond acceptors (Lipinski definition) is 6. The molecule has 0 unspecified atom stereocenters. The predicted octanol–water partition coefficient (Wildman–Crippen LogP) is 5.67. The molecule has 0 fully saturated rings. The average molecular weight is 419 g/mol. The van der Waals surface area contributed by atoms with Gasteiger partial charge < -0.3 is 0 Å². The highest BCUT2D eigenvalue weighted by atomic mass is 14.9. The minimum absolute atomic E-state index is 0.716. The van der Waals surface area contributed by atoms with Gasteiger partial charge in [0.15, 0.2) is 0 Å². The van der Waals surface area contributed by atoms with Crippen molar-refractivity contribution in [1.29, 1.82) is 0 Å². The van der Waals surface area contributed by atoms with Crippen LogP contribution in [0.4, 0.5) is 0 Å². The number of benzene rings is 3. The Labute approximate surface area is 184 Å². The summed E-state index contributed by atoms with van der Waals surface area (Å²) in [7, 11) is 0. The van der Waals surface area contributed by atoms with Crippen LogP contribution in [0.1, 0.15) is 33.6 Å². The summed E-state index contributed by atoms with van der Waals surface area (Å²) in [5, 5.41) is 0. The van der Waals surface area contributed by atoms with E-state index in [0.29, 0.717) is 11.0 Å². The zero-order chi connectivity index (χ0) is 22.3. The van der Waals surface area contributed by atoms with Gasteiger partial charge in [-0.1, -0.05) is 0 Å². The number of nitrogens with zero attached hydrogens (tertiary/aromatic N) is 6. The second kappa shape index (κ2) is 6.36. The van der Waals surface area contributed by atoms with Gasteiger partial charge in [-0.25, -0.2) is 29.9 Å². The van der Waals surface area contributed by atoms with E-state index < -0.39 is 0 Å². The molecule has 156 valence electrons. The summed E-state index contributed by atoms with van der Waals surface area (Å²) in [4.78, 5) is 29.8. The molecule has 0 radical (unpaired) electrons. The summed E-state index contributed by atoms with van der Waals surface area (Å²) in [6.07, 6.45) is 0. The molecule has 0 spiro atoms. The molecule has 32 heavy (non-hydrogen) atoms. The van der Waals surface area contributed by atoms with Gasteiger partial charge in [0.25, 0.3) is 0 Å². The Balaban J connectivity index is 1.91. The molecule has 0 bridgehead atoms. The molecule has 3 aromatic carbocycles. The zero-order valence-corrected chi connectivity index (χ0v) is 19.0. The van der Waals surface area contributed by atoms with Crippen LogP contribution in [0.15, 0.2) is 24.3 Å². The van der Waals surface area contributed by atoms with E-state index in [2.05, 4.69) is 52.0 Å². The SMILES string of the molecule is Cc1cc2nc3c4nc(C)c(C)nc4c4nc5cc(C)c(C)cc5nc4c3nc2cc1C. The normalized spacial score (nSPS) is 12.1. The van der Waals surface area contributed by atoms with Crippen molar-refractivity contribution < 1.29 is 0 Å². The molecular weight excluding hydrogens is 396 g/mol. The second-order valence-electron chi connectivity index (χ2n) is 8.78. The van der Waals surface area contributed by atoms with E-state index >= 15 is 0 Å². The smallest absolute Gasteiger partial charge is 0.120 e. The molecule has 0 aliphatic carbocycles. The summed E-state index contributed by atoms with van der Waals surface area (Å²) >= 11 is 0. The van der Waals surface area contributed by atoms with Gasteiger partial charge in [-0.05, 0) is 88.1 Å². The third-order valence-electron chi connectivity index (χ3n) is 6.54. The lowest BCUT2D eigenvalue weighted by Crippen LogP contribution is -2.01. The van der Waals surface area contributed by atoms with Crippen LogP contribution in [0.5, 0.6) is 0 Å². The minimum Gasteiger partial charge on any atom is -0.247 e. The summed E-state index contributed by atoms with van der Waals surface area (Å²) in [5.74, 6) is 0. The number of rotatable bonds is 0. The van der Waals surface area contributed by atoms with Crippen LogP contribution in [-0.2, 0) is 0 Å². The Hall–Kier alpha value is -3.80. The van der Waals surface area contributed by atoms with E-state index in [4.69, 9.17) is 29.9 Å². The summed E-state index contributed by atoms with van der Waals surface area (Å²) < 4.78 is 0. The maximum atomic E-state index is 5.02. The average Bonchev–Trinajstić information content (AvgIpc) is 2.75. The van der Waals surface area contributed by atoms with Gasteiger partial charge in [-0.15, -0.1) is 0 Å². The highest BCUT2D eigenvalue weighted by molar-refractivity contribution is 6.20. The Bertz CT molecular complexity index is 1650. The summed E-state index contributed by atoms with van der Waals surface area (Å²) in [5.41, 5.74) is 14.2. The monoisotopic (exact) mass is 418 g/mol. The van der Waals surface area contributed by atoms with Gasteiger partial charge in [0.1, 0.15) is 33.1 Å². The molecule has 0 aliphatic heterocycles. The first kappa shape index (κ1) is 18.9. The van der Waals surface area contributed by atoms with Gasteiger partial charge in [0.05, 0.1) is 33.5 Å². The molecule has 3 heterocycles. The minimum atomic E-state index is 0.716. The van der Waals surface area contributed by atoms with E-state index in [-0.39, 0.29) is 0 Å². The van der Waals surface area contributed by atoms with Crippen molar-refractivity contribution in [2.75, 3.05) is 0 Å². The van der Waals surface area contributed by atoms with Crippen molar-refractivity contribution in [2.45, 2.75) is 41.5 Å². The Morgan fingerprint density at radius 3 is 0.812 bits per heavy atom. The first-order chi connectivity index (χ1) is 15.3. The first-order valence-electron chi connectivity index (χ1n) is 10.7. The molecule has 0 amide bonds. The fourth-order valence-electron chi connectivity index (χ4n) is 4.22. The number of hydrogen-bond donors (Lipinski definition) is 0. The van der Waals surface area contributed by atoms with E-state index in [9.17, 15) is 0 Å². The van der Waals surface area contributed by atoms with E-state index in [1.807, 2.05) is 13.8 Å². The highest BCUT2D eigenvalue weighted by Gasteiger charge is 2.19. The Morgan fingerprint density at radius 1 is 0.344 bits per heavy atom. The maximum absolute atomic E-state index is 5.02. The van der Waals surface area contributed by atoms with Crippen LogP contribution in [0.3, 0.4) is 0 Å². The molecule has 6 rings (SSSR count). The van der Waals surface area contributed by atoms with E-state index in [0.717, 1.165) is 55.5 Å². The van der Waals surface area contributed by atoms with Crippen LogP contribution in [-0.4, -0.2) is 29.9 Å². The molecular formula is C26H22N6. The van der Waals surface area contributed by atoms with Crippen LogP contribution in [0.25, 0.3) is 55.2 Å². The van der Waals surface area contributed by atoms with Gasteiger partial charge in [0.2, 0.25) is 0 Å². The van der Waals surface area contributed by atoms with Crippen molar-refractivity contribution in [3.63, 3.8) is 0 Å². The van der Waals surface area contributed by atoms with Gasteiger partial charge in [-0.2, -0.15) is 0 Å². The van der Waals surface area contributed by atoms with Crippen molar-refractivity contribution >= 4 is 55.2 Å². The largest absolute Gasteiger partial charge is 0.247 e. The van der Waals surface area contributed by atoms with Crippen molar-refractivity contribution in [3.8, 4) is 0 Å². The number of fused-ring (bicyclic) bond motifs is 8. The van der Waals surface area contributed by atoms with Crippen molar-refractivity contribution in [2.24, 2.45) is 0 Å². The molecule has 0 N–H and O–H groups in total. The maximum Gasteiger partial charge on any atom is 0.120 e. The topological polar surface area (TPSA) is 77.3 Å². The third-order valence-corrected chi connectivity index (χ3v) is 6.54. The van der Waals surface area contributed by atoms with Gasteiger partial charge in [-0.3, -0.25) is 0 Å². The fraction of sp³-hybridized carbons (Fsp3) is 0.231. The van der Waals surface area contributed by atoms with E-state index in [1.165, 1.54) is 22.3 Å². The van der Waals surface area contributed by atoms with Gasteiger partial charge in [0, 0.05) is 0 Å². The first-order valence-corrected chi connectivity index (χ1v) is 10.7. The van der Waals surface area contributed by atoms with Crippen LogP contribution >= 0.6 is 0 Å². The highest BCUT2D eigenvalue weighted by Crippen LogP contribution is 2.33. The lowest BCUT2D eigenvalue weighted by molar-refractivity contribution is 1.10. The van der Waals surface area contributed by atoms with Crippen LogP contribution < -0.4 is 0 Å². The molecule has 3 aromatic heterocycles. The fourth-order valence-corrected chi connectivity index (χ4v) is 4.22. The Morgan fingerprint density at radius 2 is 0.562 bits per heavy atom. The lowest BCUT2D eigenvalue weighted by atomic mass is 10.1. The van der Waals surface area contributed by atoms with E-state index in [1.54, 1.807) is 0 Å². The quantitative estimate of drug-likeness (QED) is 0.233. The summed E-state index contributed by atoms with van der Waals surface area (Å²) in [6.45, 7) is 12.3. The number of aromatic nitrogens is 6. The zero-order valence-electron chi connectivity index (χ0n) is 19.0. The molecule has 0 aliphatic rings. The van der Waals surface area contributed by atoms with Gasteiger partial charge >= 0.3 is 0 Å². The Kier molecular flexibility index (Phi) is 3.76. The number of aryl methyl sites for hydroxylation is 6. The van der Waals surface area contributed by atoms with Crippen molar-refractivity contribution in [1.82, 2.24) is 29.9 Å². The second-order valence-corrected chi connectivity index (χ2v) is 8.78. The lowest BCUT2D eigenvalue weighted by Gasteiger charge is -2.12. The molecule has 0 saturated carbocycles. The third kappa shape index (κ3) is 2.59. The molecule has 0 atom stereocenters. The summed E-state index contributed by atoms with van der Waals surface area (Å²) in [6, 6.07) is 8.34. The molecule has 6 heteroatoms. The molecule has 6 nitrogen and oxygen atoms in total. The standard InChI is InChI=1S/C26H22N6/c1-11-7-17-19(9-13(11)3)31-25-23(29-17)21-22(28-16(6)15(5)27-21)24-26(25)32-20-10-14(4)12(2)8-18(20)30-24/h7-10H,1-6H3. The van der Waals surface area contributed by atoms with Crippen LogP contribution in [0.2, 0.25) is 0 Å². The molecule has 6 aromatic rings. The van der Waals surface area contributed by atoms with Crippen LogP contribution in [0, 0.1) is 41.5 Å². The van der Waals surface area contributed by atoms with Crippen molar-refractivity contribution in [3.05, 3.63) is 57.9 Å². The molecule has 0 saturated heterocycles.